The highest BCUT2D eigenvalue weighted by Crippen LogP contribution is 2.12. The first kappa shape index (κ1) is 13.5. The van der Waals surface area contributed by atoms with Crippen molar-refractivity contribution in [2.45, 2.75) is 32.0 Å². The Morgan fingerprint density at radius 3 is 2.78 bits per heavy atom. The standard InChI is InChI=1S/C15H23NO2/c1-13-10-16(11-15(12-17)18-13)9-5-8-14-6-3-2-4-7-14/h2-4,6-7,13,15,17H,5,8-12H2,1H3. The molecule has 1 aromatic rings. The predicted molar refractivity (Wildman–Crippen MR) is 72.6 cm³/mol. The lowest BCUT2D eigenvalue weighted by atomic mass is 10.1. The quantitative estimate of drug-likeness (QED) is 0.862. The molecule has 0 aromatic heterocycles. The Labute approximate surface area is 109 Å². The second-order valence-electron chi connectivity index (χ2n) is 5.10. The van der Waals surface area contributed by atoms with Gasteiger partial charge < -0.3 is 9.84 Å². The van der Waals surface area contributed by atoms with Crippen LogP contribution in [0.4, 0.5) is 0 Å². The number of rotatable bonds is 5. The van der Waals surface area contributed by atoms with Crippen molar-refractivity contribution in [1.29, 1.82) is 0 Å². The maximum atomic E-state index is 9.18. The summed E-state index contributed by atoms with van der Waals surface area (Å²) in [6.45, 7) is 5.12. The van der Waals surface area contributed by atoms with Crippen LogP contribution in [0.25, 0.3) is 0 Å². The molecule has 1 N–H and O–H groups in total. The van der Waals surface area contributed by atoms with Crippen molar-refractivity contribution in [2.75, 3.05) is 26.2 Å². The molecule has 2 rings (SSSR count). The monoisotopic (exact) mass is 249 g/mol. The molecule has 1 aliphatic heterocycles. The molecule has 1 aromatic carbocycles. The first-order valence-electron chi connectivity index (χ1n) is 6.80. The van der Waals surface area contributed by atoms with Gasteiger partial charge in [0.15, 0.2) is 0 Å². The van der Waals surface area contributed by atoms with Gasteiger partial charge in [0.2, 0.25) is 0 Å². The summed E-state index contributed by atoms with van der Waals surface area (Å²) < 4.78 is 5.64. The molecule has 0 saturated carbocycles. The van der Waals surface area contributed by atoms with Gasteiger partial charge in [-0.25, -0.2) is 0 Å². The molecular formula is C15H23NO2. The Hall–Kier alpha value is -0.900. The van der Waals surface area contributed by atoms with Crippen molar-refractivity contribution in [1.82, 2.24) is 4.90 Å². The highest BCUT2D eigenvalue weighted by atomic mass is 16.5. The topological polar surface area (TPSA) is 32.7 Å². The van der Waals surface area contributed by atoms with Crippen molar-refractivity contribution in [3.8, 4) is 0 Å². The fourth-order valence-electron chi connectivity index (χ4n) is 2.58. The SMILES string of the molecule is CC1CN(CCCc2ccccc2)CC(CO)O1. The summed E-state index contributed by atoms with van der Waals surface area (Å²) in [4.78, 5) is 2.40. The minimum Gasteiger partial charge on any atom is -0.394 e. The number of hydrogen-bond donors (Lipinski definition) is 1. The summed E-state index contributed by atoms with van der Waals surface area (Å²) in [6, 6.07) is 10.6. The molecule has 0 bridgehead atoms. The molecule has 1 heterocycles. The Morgan fingerprint density at radius 1 is 1.28 bits per heavy atom. The minimum atomic E-state index is -0.00882. The molecular weight excluding hydrogens is 226 g/mol. The smallest absolute Gasteiger partial charge is 0.0936 e. The Bertz CT molecular complexity index is 342. The second kappa shape index (κ2) is 6.88. The normalized spacial score (nSPS) is 25.2. The van der Waals surface area contributed by atoms with Crippen molar-refractivity contribution in [3.05, 3.63) is 35.9 Å². The van der Waals surface area contributed by atoms with E-state index in [1.165, 1.54) is 5.56 Å². The largest absolute Gasteiger partial charge is 0.394 e. The number of benzene rings is 1. The number of ether oxygens (including phenoxy) is 1. The van der Waals surface area contributed by atoms with Crippen molar-refractivity contribution in [3.63, 3.8) is 0 Å². The summed E-state index contributed by atoms with van der Waals surface area (Å²) in [7, 11) is 0. The van der Waals surface area contributed by atoms with E-state index in [1.807, 2.05) is 0 Å². The van der Waals surface area contributed by atoms with Gasteiger partial charge in [0.05, 0.1) is 18.8 Å². The van der Waals surface area contributed by atoms with Crippen LogP contribution in [-0.2, 0) is 11.2 Å². The Balaban J connectivity index is 1.73. The van der Waals surface area contributed by atoms with Crippen LogP contribution >= 0.6 is 0 Å². The molecule has 1 aliphatic rings. The number of aliphatic hydroxyl groups excluding tert-OH is 1. The number of morpholine rings is 1. The van der Waals surface area contributed by atoms with Crippen LogP contribution in [0.2, 0.25) is 0 Å². The fraction of sp³-hybridized carbons (Fsp3) is 0.600. The first-order chi connectivity index (χ1) is 8.78. The highest BCUT2D eigenvalue weighted by molar-refractivity contribution is 5.14. The van der Waals surface area contributed by atoms with E-state index in [1.54, 1.807) is 0 Å². The van der Waals surface area contributed by atoms with Crippen LogP contribution in [0.15, 0.2) is 30.3 Å². The van der Waals surface area contributed by atoms with Crippen LogP contribution in [0, 0.1) is 0 Å². The molecule has 1 fully saturated rings. The van der Waals surface area contributed by atoms with Gasteiger partial charge in [-0.05, 0) is 31.9 Å². The number of nitrogens with zero attached hydrogens (tertiary/aromatic N) is 1. The summed E-state index contributed by atoms with van der Waals surface area (Å²) in [5.41, 5.74) is 1.40. The highest BCUT2D eigenvalue weighted by Gasteiger charge is 2.23. The molecule has 1 saturated heterocycles. The van der Waals surface area contributed by atoms with Gasteiger partial charge in [0.1, 0.15) is 0 Å². The lowest BCUT2D eigenvalue weighted by Gasteiger charge is -2.36. The van der Waals surface area contributed by atoms with Crippen molar-refractivity contribution < 1.29 is 9.84 Å². The molecule has 18 heavy (non-hydrogen) atoms. The third-order valence-electron chi connectivity index (χ3n) is 3.39. The minimum absolute atomic E-state index is 0.00882. The molecule has 2 atom stereocenters. The van der Waals surface area contributed by atoms with E-state index in [0.717, 1.165) is 32.5 Å². The summed E-state index contributed by atoms with van der Waals surface area (Å²) in [6.07, 6.45) is 2.50. The van der Waals surface area contributed by atoms with Crippen LogP contribution in [0.1, 0.15) is 18.9 Å². The molecule has 3 heteroatoms. The van der Waals surface area contributed by atoms with Crippen molar-refractivity contribution >= 4 is 0 Å². The molecule has 100 valence electrons. The molecule has 0 radical (unpaired) electrons. The van der Waals surface area contributed by atoms with Gasteiger partial charge in [0.25, 0.3) is 0 Å². The van der Waals surface area contributed by atoms with E-state index < -0.39 is 0 Å². The van der Waals surface area contributed by atoms with E-state index in [-0.39, 0.29) is 18.8 Å². The zero-order chi connectivity index (χ0) is 12.8. The van der Waals surface area contributed by atoms with E-state index in [9.17, 15) is 5.11 Å². The lowest BCUT2D eigenvalue weighted by molar-refractivity contribution is -0.0951. The van der Waals surface area contributed by atoms with Gasteiger partial charge in [-0.1, -0.05) is 30.3 Å². The lowest BCUT2D eigenvalue weighted by Crippen LogP contribution is -2.48. The van der Waals surface area contributed by atoms with Crippen LogP contribution in [-0.4, -0.2) is 48.5 Å². The van der Waals surface area contributed by atoms with Crippen molar-refractivity contribution in [2.24, 2.45) is 0 Å². The average molecular weight is 249 g/mol. The third kappa shape index (κ3) is 4.09. The van der Waals surface area contributed by atoms with E-state index in [0.29, 0.717) is 0 Å². The maximum Gasteiger partial charge on any atom is 0.0936 e. The Kier molecular flexibility index (Phi) is 5.17. The predicted octanol–water partition coefficient (Wildman–Crippen LogP) is 1.70. The maximum absolute atomic E-state index is 9.18. The van der Waals surface area contributed by atoms with E-state index in [4.69, 9.17) is 4.74 Å². The number of hydrogen-bond acceptors (Lipinski definition) is 3. The van der Waals surface area contributed by atoms with Gasteiger partial charge in [0, 0.05) is 13.1 Å². The van der Waals surface area contributed by atoms with Gasteiger partial charge in [-0.3, -0.25) is 4.90 Å². The molecule has 3 nitrogen and oxygen atoms in total. The van der Waals surface area contributed by atoms with Gasteiger partial charge >= 0.3 is 0 Å². The third-order valence-corrected chi connectivity index (χ3v) is 3.39. The average Bonchev–Trinajstić information content (AvgIpc) is 2.39. The van der Waals surface area contributed by atoms with Crippen LogP contribution in [0.5, 0.6) is 0 Å². The second-order valence-corrected chi connectivity index (χ2v) is 5.10. The summed E-state index contributed by atoms with van der Waals surface area (Å²) >= 11 is 0. The van der Waals surface area contributed by atoms with Gasteiger partial charge in [-0.15, -0.1) is 0 Å². The Morgan fingerprint density at radius 2 is 2.06 bits per heavy atom. The van der Waals surface area contributed by atoms with E-state index in [2.05, 4.69) is 42.2 Å². The summed E-state index contributed by atoms with van der Waals surface area (Å²) in [5.74, 6) is 0. The molecule has 0 spiro atoms. The summed E-state index contributed by atoms with van der Waals surface area (Å²) in [5, 5.41) is 9.18. The molecule has 0 amide bonds. The first-order valence-corrected chi connectivity index (χ1v) is 6.80. The van der Waals surface area contributed by atoms with Crippen LogP contribution in [0.3, 0.4) is 0 Å². The number of aryl methyl sites for hydroxylation is 1. The zero-order valence-electron chi connectivity index (χ0n) is 11.1. The van der Waals surface area contributed by atoms with Crippen LogP contribution < -0.4 is 0 Å². The number of aliphatic hydroxyl groups is 1. The zero-order valence-corrected chi connectivity index (χ0v) is 11.1. The molecule has 0 aliphatic carbocycles. The van der Waals surface area contributed by atoms with E-state index >= 15 is 0 Å². The molecule has 2 unspecified atom stereocenters. The fourth-order valence-corrected chi connectivity index (χ4v) is 2.58. The van der Waals surface area contributed by atoms with Gasteiger partial charge in [-0.2, -0.15) is 0 Å².